The third kappa shape index (κ3) is 3.94. The van der Waals surface area contributed by atoms with E-state index in [1.807, 2.05) is 6.07 Å². The smallest absolute Gasteiger partial charge is 0.343 e. The molecule has 1 amide bonds. The Morgan fingerprint density at radius 2 is 1.68 bits per heavy atom. The number of nitrogens with zero attached hydrogens (tertiary/aromatic N) is 3. The van der Waals surface area contributed by atoms with Crippen LogP contribution in [0.15, 0.2) is 42.5 Å². The van der Waals surface area contributed by atoms with Crippen molar-refractivity contribution in [1.29, 1.82) is 5.26 Å². The molecular weight excluding hydrogens is 370 g/mol. The lowest BCUT2D eigenvalue weighted by Gasteiger charge is -2.24. The highest BCUT2D eigenvalue weighted by molar-refractivity contribution is 6.15. The summed E-state index contributed by atoms with van der Waals surface area (Å²) in [5.41, 5.74) is -2.37. The molecule has 0 aliphatic heterocycles. The van der Waals surface area contributed by atoms with Crippen molar-refractivity contribution in [3.05, 3.63) is 69.3 Å². The van der Waals surface area contributed by atoms with Gasteiger partial charge < -0.3 is 15.1 Å². The first-order valence-electron chi connectivity index (χ1n) is 7.81. The van der Waals surface area contributed by atoms with E-state index in [1.165, 1.54) is 24.3 Å². The Kier molecular flexibility index (Phi) is 6.03. The van der Waals surface area contributed by atoms with Gasteiger partial charge in [0, 0.05) is 12.6 Å². The van der Waals surface area contributed by atoms with Gasteiger partial charge in [0.2, 0.25) is 0 Å². The molecule has 2 aromatic rings. The standard InChI is InChI=1S/C18H13N3O7/c19-9-4-10-20(13-7-2-1-5-11(13)17(23)24)16(22)12-6-3-8-14(21(27)28)15(12)18(25)26/h1-3,5-8H,4,10H2,(H,23,24)(H,25,26). The summed E-state index contributed by atoms with van der Waals surface area (Å²) in [5, 5.41) is 38.8. The van der Waals surface area contributed by atoms with Crippen LogP contribution in [0.25, 0.3) is 0 Å². The minimum Gasteiger partial charge on any atom is -0.478 e. The molecule has 28 heavy (non-hydrogen) atoms. The van der Waals surface area contributed by atoms with E-state index in [0.29, 0.717) is 0 Å². The molecule has 10 nitrogen and oxygen atoms in total. The fourth-order valence-electron chi connectivity index (χ4n) is 2.62. The second-order valence-corrected chi connectivity index (χ2v) is 5.45. The van der Waals surface area contributed by atoms with Crippen LogP contribution in [0.5, 0.6) is 0 Å². The van der Waals surface area contributed by atoms with Gasteiger partial charge in [0.1, 0.15) is 5.56 Å². The summed E-state index contributed by atoms with van der Waals surface area (Å²) >= 11 is 0. The summed E-state index contributed by atoms with van der Waals surface area (Å²) in [6.07, 6.45) is -0.170. The van der Waals surface area contributed by atoms with E-state index in [0.717, 1.165) is 23.1 Å². The van der Waals surface area contributed by atoms with Gasteiger partial charge >= 0.3 is 11.9 Å². The van der Waals surface area contributed by atoms with Gasteiger partial charge in [-0.15, -0.1) is 0 Å². The fraction of sp³-hybridized carbons (Fsp3) is 0.111. The molecule has 2 N–H and O–H groups in total. The lowest BCUT2D eigenvalue weighted by atomic mass is 10.0. The lowest BCUT2D eigenvalue weighted by Crippen LogP contribution is -2.34. The van der Waals surface area contributed by atoms with Gasteiger partial charge in [0.15, 0.2) is 0 Å². The molecule has 10 heteroatoms. The van der Waals surface area contributed by atoms with E-state index in [9.17, 15) is 34.7 Å². The van der Waals surface area contributed by atoms with Crippen molar-refractivity contribution in [2.24, 2.45) is 0 Å². The molecular formula is C18H13N3O7. The number of carbonyl (C=O) groups excluding carboxylic acids is 1. The Labute approximate surface area is 158 Å². The maximum Gasteiger partial charge on any atom is 0.343 e. The third-order valence-corrected chi connectivity index (χ3v) is 3.80. The van der Waals surface area contributed by atoms with Crippen molar-refractivity contribution in [3.63, 3.8) is 0 Å². The van der Waals surface area contributed by atoms with Crippen LogP contribution in [0.4, 0.5) is 11.4 Å². The van der Waals surface area contributed by atoms with Gasteiger partial charge in [-0.1, -0.05) is 18.2 Å². The van der Waals surface area contributed by atoms with Gasteiger partial charge in [-0.25, -0.2) is 9.59 Å². The van der Waals surface area contributed by atoms with E-state index in [2.05, 4.69) is 0 Å². The highest BCUT2D eigenvalue weighted by atomic mass is 16.6. The summed E-state index contributed by atoms with van der Waals surface area (Å²) in [4.78, 5) is 47.3. The first kappa shape index (κ1) is 20.1. The number of hydrogen-bond acceptors (Lipinski definition) is 6. The van der Waals surface area contributed by atoms with Crippen LogP contribution in [0, 0.1) is 21.4 Å². The summed E-state index contributed by atoms with van der Waals surface area (Å²) < 4.78 is 0. The van der Waals surface area contributed by atoms with Gasteiger partial charge in [-0.3, -0.25) is 14.9 Å². The minimum atomic E-state index is -1.68. The van der Waals surface area contributed by atoms with Crippen molar-refractivity contribution in [2.75, 3.05) is 11.4 Å². The molecule has 0 unspecified atom stereocenters. The number of para-hydroxylation sites is 1. The van der Waals surface area contributed by atoms with Crippen LogP contribution < -0.4 is 4.90 Å². The number of carboxylic acids is 2. The molecule has 142 valence electrons. The number of amides is 1. The zero-order valence-electron chi connectivity index (χ0n) is 14.2. The molecule has 0 saturated carbocycles. The maximum atomic E-state index is 13.1. The predicted molar refractivity (Wildman–Crippen MR) is 95.4 cm³/mol. The van der Waals surface area contributed by atoms with E-state index >= 15 is 0 Å². The number of hydrogen-bond donors (Lipinski definition) is 2. The van der Waals surface area contributed by atoms with Crippen molar-refractivity contribution >= 4 is 29.2 Å². The Balaban J connectivity index is 2.68. The van der Waals surface area contributed by atoms with E-state index in [4.69, 9.17) is 5.26 Å². The molecule has 0 aromatic heterocycles. The summed E-state index contributed by atoms with van der Waals surface area (Å²) in [6, 6.07) is 10.5. The second kappa shape index (κ2) is 8.41. The number of carboxylic acid groups (broad SMARTS) is 2. The van der Waals surface area contributed by atoms with Gasteiger partial charge in [0.25, 0.3) is 11.6 Å². The second-order valence-electron chi connectivity index (χ2n) is 5.45. The van der Waals surface area contributed by atoms with Gasteiger partial charge in [0.05, 0.1) is 34.2 Å². The van der Waals surface area contributed by atoms with Crippen molar-refractivity contribution in [3.8, 4) is 6.07 Å². The Morgan fingerprint density at radius 1 is 1.04 bits per heavy atom. The summed E-state index contributed by atoms with van der Waals surface area (Å²) in [7, 11) is 0. The zero-order valence-corrected chi connectivity index (χ0v) is 14.2. The highest BCUT2D eigenvalue weighted by Gasteiger charge is 2.31. The SMILES string of the molecule is N#CCCN(C(=O)c1cccc([N+](=O)[O-])c1C(=O)O)c1ccccc1C(=O)O. The first-order valence-corrected chi connectivity index (χ1v) is 7.81. The third-order valence-electron chi connectivity index (χ3n) is 3.80. The molecule has 0 bridgehead atoms. The Morgan fingerprint density at radius 3 is 2.25 bits per heavy atom. The summed E-state index contributed by atoms with van der Waals surface area (Å²) in [6.45, 7) is -0.235. The first-order chi connectivity index (χ1) is 13.3. The van der Waals surface area contributed by atoms with E-state index in [-0.39, 0.29) is 24.2 Å². The van der Waals surface area contributed by atoms with Crippen molar-refractivity contribution < 1.29 is 29.5 Å². The van der Waals surface area contributed by atoms with Crippen LogP contribution in [0.1, 0.15) is 37.5 Å². The molecule has 0 aliphatic carbocycles. The molecule has 0 atom stereocenters. The van der Waals surface area contributed by atoms with Gasteiger partial charge in [-0.2, -0.15) is 5.26 Å². The minimum absolute atomic E-state index is 0.0573. The Bertz CT molecular complexity index is 1010. The monoisotopic (exact) mass is 383 g/mol. The molecule has 0 radical (unpaired) electrons. The number of nitro groups is 1. The zero-order chi connectivity index (χ0) is 20.8. The number of anilines is 1. The van der Waals surface area contributed by atoms with Crippen molar-refractivity contribution in [1.82, 2.24) is 0 Å². The summed E-state index contributed by atoms with van der Waals surface area (Å²) in [5.74, 6) is -3.98. The number of nitro benzene ring substituents is 1. The van der Waals surface area contributed by atoms with Crippen LogP contribution in [0.3, 0.4) is 0 Å². The number of carbonyl (C=O) groups is 3. The van der Waals surface area contributed by atoms with Crippen LogP contribution >= 0.6 is 0 Å². The van der Waals surface area contributed by atoms with Crippen LogP contribution in [-0.2, 0) is 0 Å². The van der Waals surface area contributed by atoms with E-state index in [1.54, 1.807) is 0 Å². The molecule has 0 spiro atoms. The molecule has 2 aromatic carbocycles. The van der Waals surface area contributed by atoms with E-state index < -0.39 is 39.6 Å². The van der Waals surface area contributed by atoms with Crippen molar-refractivity contribution in [2.45, 2.75) is 6.42 Å². The quantitative estimate of drug-likeness (QED) is 0.544. The highest BCUT2D eigenvalue weighted by Crippen LogP contribution is 2.27. The molecule has 2 rings (SSSR count). The molecule has 0 aliphatic rings. The van der Waals surface area contributed by atoms with Crippen LogP contribution in [0.2, 0.25) is 0 Å². The largest absolute Gasteiger partial charge is 0.478 e. The lowest BCUT2D eigenvalue weighted by molar-refractivity contribution is -0.385. The number of aromatic carboxylic acids is 2. The number of rotatable bonds is 7. The van der Waals surface area contributed by atoms with Gasteiger partial charge in [-0.05, 0) is 18.2 Å². The predicted octanol–water partition coefficient (Wildman–Crippen LogP) is 2.55. The molecule has 0 heterocycles. The topological polar surface area (TPSA) is 162 Å². The average molecular weight is 383 g/mol. The van der Waals surface area contributed by atoms with Crippen LogP contribution in [-0.4, -0.2) is 39.5 Å². The number of nitriles is 1. The Hall–Kier alpha value is -4.26. The maximum absolute atomic E-state index is 13.1. The average Bonchev–Trinajstić information content (AvgIpc) is 2.67. The fourth-order valence-corrected chi connectivity index (χ4v) is 2.62. The molecule has 0 saturated heterocycles. The normalized spacial score (nSPS) is 9.96. The molecule has 0 fully saturated rings. The number of benzene rings is 2.